The Bertz CT molecular complexity index is 804. The minimum Gasteiger partial charge on any atom is -0.395 e. The Kier molecular flexibility index (Phi) is 7.85. The molecule has 0 saturated carbocycles. The van der Waals surface area contributed by atoms with E-state index in [9.17, 15) is 4.79 Å². The highest BCUT2D eigenvalue weighted by Gasteiger charge is 2.09. The monoisotopic (exact) mass is 386 g/mol. The number of aliphatic hydroxyl groups excluding tert-OH is 1. The van der Waals surface area contributed by atoms with Crippen molar-refractivity contribution < 1.29 is 9.90 Å². The minimum absolute atomic E-state index is 0.00186. The van der Waals surface area contributed by atoms with Gasteiger partial charge in [0, 0.05) is 43.7 Å². The number of thioether (sulfide) groups is 1. The lowest BCUT2D eigenvalue weighted by molar-refractivity contribution is 0.230. The summed E-state index contributed by atoms with van der Waals surface area (Å²) in [5.41, 5.74) is 2.28. The van der Waals surface area contributed by atoms with Crippen molar-refractivity contribution in [1.29, 1.82) is 5.26 Å². The summed E-state index contributed by atoms with van der Waals surface area (Å²) in [7, 11) is 3.35. The number of carbonyl (C=O) groups excluding carboxylic acids is 1. The highest BCUT2D eigenvalue weighted by molar-refractivity contribution is 7.98. The van der Waals surface area contributed by atoms with E-state index in [0.29, 0.717) is 35.4 Å². The van der Waals surface area contributed by atoms with Gasteiger partial charge < -0.3 is 20.6 Å². The van der Waals surface area contributed by atoms with Crippen molar-refractivity contribution in [3.63, 3.8) is 0 Å². The highest BCUT2D eigenvalue weighted by Crippen LogP contribution is 2.22. The van der Waals surface area contributed by atoms with Crippen LogP contribution in [0.1, 0.15) is 5.69 Å². The maximum absolute atomic E-state index is 11.7. The number of aliphatic hydroxyl groups is 1. The smallest absolute Gasteiger partial charge is 0.321 e. The van der Waals surface area contributed by atoms with E-state index in [1.165, 1.54) is 16.7 Å². The largest absolute Gasteiger partial charge is 0.395 e. The molecule has 0 spiro atoms. The van der Waals surface area contributed by atoms with Crippen LogP contribution in [0, 0.1) is 11.3 Å². The van der Waals surface area contributed by atoms with Crippen LogP contribution in [0.5, 0.6) is 0 Å². The molecule has 0 aliphatic rings. The number of amides is 2. The van der Waals surface area contributed by atoms with Gasteiger partial charge in [-0.3, -0.25) is 0 Å². The summed E-state index contributed by atoms with van der Waals surface area (Å²) in [5, 5.41) is 23.5. The summed E-state index contributed by atoms with van der Waals surface area (Å²) in [5.74, 6) is 2.13. The number of nitriles is 1. The second-order valence-electron chi connectivity index (χ2n) is 5.77. The molecule has 9 heteroatoms. The number of benzene rings is 1. The van der Waals surface area contributed by atoms with Crippen LogP contribution in [0.4, 0.5) is 16.3 Å². The van der Waals surface area contributed by atoms with E-state index >= 15 is 0 Å². The van der Waals surface area contributed by atoms with Gasteiger partial charge in [0.15, 0.2) is 5.82 Å². The molecule has 0 aliphatic heterocycles. The van der Waals surface area contributed by atoms with Gasteiger partial charge in [-0.05, 0) is 24.3 Å². The zero-order chi connectivity index (χ0) is 19.6. The maximum Gasteiger partial charge on any atom is 0.321 e. The van der Waals surface area contributed by atoms with Gasteiger partial charge in [-0.2, -0.15) is 5.26 Å². The van der Waals surface area contributed by atoms with Gasteiger partial charge in [-0.25, -0.2) is 14.8 Å². The van der Waals surface area contributed by atoms with Gasteiger partial charge >= 0.3 is 6.03 Å². The lowest BCUT2D eigenvalue weighted by Gasteiger charge is -2.12. The summed E-state index contributed by atoms with van der Waals surface area (Å²) >= 11 is 1.47. The number of nitrogens with one attached hydrogen (secondary N) is 2. The molecule has 2 amide bonds. The van der Waals surface area contributed by atoms with Crippen molar-refractivity contribution in [2.24, 2.45) is 0 Å². The fourth-order valence-corrected chi connectivity index (χ4v) is 2.66. The third kappa shape index (κ3) is 6.44. The lowest BCUT2D eigenvalue weighted by atomic mass is 10.2. The number of carbonyl (C=O) groups is 1. The van der Waals surface area contributed by atoms with Crippen LogP contribution in [0.3, 0.4) is 0 Å². The number of hydrogen-bond donors (Lipinski definition) is 3. The Morgan fingerprint density at radius 3 is 2.67 bits per heavy atom. The predicted molar refractivity (Wildman–Crippen MR) is 108 cm³/mol. The average Bonchev–Trinajstić information content (AvgIpc) is 2.67. The van der Waals surface area contributed by atoms with Crippen LogP contribution in [-0.2, 0) is 5.75 Å². The zero-order valence-electron chi connectivity index (χ0n) is 15.3. The Hall–Kier alpha value is -2.83. The number of urea groups is 1. The normalized spacial score (nSPS) is 10.1. The van der Waals surface area contributed by atoms with Crippen LogP contribution < -0.4 is 10.6 Å². The first-order valence-corrected chi connectivity index (χ1v) is 9.45. The molecule has 8 nitrogen and oxygen atoms in total. The summed E-state index contributed by atoms with van der Waals surface area (Å²) in [4.78, 5) is 22.2. The molecule has 142 valence electrons. The lowest BCUT2D eigenvalue weighted by Crippen LogP contribution is -2.27. The molecular formula is C18H22N6O2S. The average molecular weight is 386 g/mol. The molecule has 1 heterocycles. The standard InChI is InChI=1S/C18H22N6O2S/c1-24(2)18(26)22-14-5-3-13(4-6-14)17-21-15(12-27-10-7-19)11-16(23-17)20-8-9-25/h3-6,11,25H,8-10,12H2,1-2H3,(H,22,26)(H,20,21,23). The van der Waals surface area contributed by atoms with Gasteiger partial charge in [-0.1, -0.05) is 0 Å². The quantitative estimate of drug-likeness (QED) is 0.597. The van der Waals surface area contributed by atoms with Gasteiger partial charge in [0.25, 0.3) is 0 Å². The van der Waals surface area contributed by atoms with Crippen LogP contribution in [-0.4, -0.2) is 59.0 Å². The van der Waals surface area contributed by atoms with Crippen LogP contribution in [0.25, 0.3) is 11.4 Å². The van der Waals surface area contributed by atoms with E-state index in [0.717, 1.165) is 11.3 Å². The van der Waals surface area contributed by atoms with E-state index in [-0.39, 0.29) is 12.6 Å². The highest BCUT2D eigenvalue weighted by atomic mass is 32.2. The van der Waals surface area contributed by atoms with Crippen molar-refractivity contribution >= 4 is 29.3 Å². The van der Waals surface area contributed by atoms with Crippen LogP contribution in [0.2, 0.25) is 0 Å². The molecule has 1 aromatic heterocycles. The van der Waals surface area contributed by atoms with E-state index in [1.54, 1.807) is 26.2 Å². The number of hydrogen-bond acceptors (Lipinski definition) is 7. The number of anilines is 2. The molecule has 0 saturated heterocycles. The third-order valence-corrected chi connectivity index (χ3v) is 4.25. The first-order chi connectivity index (χ1) is 13.0. The van der Waals surface area contributed by atoms with Gasteiger partial charge in [-0.15, -0.1) is 11.8 Å². The molecule has 0 aliphatic carbocycles. The van der Waals surface area contributed by atoms with E-state index in [1.807, 2.05) is 18.2 Å². The van der Waals surface area contributed by atoms with E-state index in [4.69, 9.17) is 10.4 Å². The molecule has 0 fully saturated rings. The molecule has 0 bridgehead atoms. The van der Waals surface area contributed by atoms with Gasteiger partial charge in [0.05, 0.1) is 24.1 Å². The second kappa shape index (κ2) is 10.4. The Morgan fingerprint density at radius 1 is 1.30 bits per heavy atom. The van der Waals surface area contributed by atoms with Crippen LogP contribution in [0.15, 0.2) is 30.3 Å². The molecule has 0 unspecified atom stereocenters. The molecule has 27 heavy (non-hydrogen) atoms. The SMILES string of the molecule is CN(C)C(=O)Nc1ccc(-c2nc(CSCC#N)cc(NCCO)n2)cc1. The van der Waals surface area contributed by atoms with Crippen molar-refractivity contribution in [2.45, 2.75) is 5.75 Å². The second-order valence-corrected chi connectivity index (χ2v) is 6.76. The number of nitrogens with zero attached hydrogens (tertiary/aromatic N) is 4. The molecule has 1 aromatic carbocycles. The molecule has 2 rings (SSSR count). The first kappa shape index (κ1) is 20.5. The fraction of sp³-hybridized carbons (Fsp3) is 0.333. The molecular weight excluding hydrogens is 364 g/mol. The first-order valence-electron chi connectivity index (χ1n) is 8.29. The predicted octanol–water partition coefficient (Wildman–Crippen LogP) is 2.40. The van der Waals surface area contributed by atoms with Crippen molar-refractivity contribution in [2.75, 3.05) is 43.6 Å². The van der Waals surface area contributed by atoms with E-state index < -0.39 is 0 Å². The summed E-state index contributed by atoms with van der Waals surface area (Å²) < 4.78 is 0. The molecule has 2 aromatic rings. The summed E-state index contributed by atoms with van der Waals surface area (Å²) in [6.07, 6.45) is 0. The van der Waals surface area contributed by atoms with Crippen molar-refractivity contribution in [3.8, 4) is 17.5 Å². The Balaban J connectivity index is 2.22. The fourth-order valence-electron chi connectivity index (χ4n) is 2.11. The Labute approximate surface area is 162 Å². The minimum atomic E-state index is -0.203. The summed E-state index contributed by atoms with van der Waals surface area (Å²) in [6, 6.07) is 11.0. The maximum atomic E-state index is 11.7. The Morgan fingerprint density at radius 2 is 2.04 bits per heavy atom. The van der Waals surface area contributed by atoms with Crippen molar-refractivity contribution in [1.82, 2.24) is 14.9 Å². The summed E-state index contributed by atoms with van der Waals surface area (Å²) in [6.45, 7) is 0.384. The third-order valence-electron chi connectivity index (χ3n) is 3.41. The van der Waals surface area contributed by atoms with Crippen LogP contribution >= 0.6 is 11.8 Å². The molecule has 0 atom stereocenters. The molecule has 3 N–H and O–H groups in total. The van der Waals surface area contributed by atoms with Crippen molar-refractivity contribution in [3.05, 3.63) is 36.0 Å². The molecule has 0 radical (unpaired) electrons. The topological polar surface area (TPSA) is 114 Å². The zero-order valence-corrected chi connectivity index (χ0v) is 16.1. The number of aromatic nitrogens is 2. The number of rotatable bonds is 8. The van der Waals surface area contributed by atoms with Gasteiger partial charge in [0.2, 0.25) is 0 Å². The van der Waals surface area contributed by atoms with E-state index in [2.05, 4.69) is 26.7 Å². The van der Waals surface area contributed by atoms with Gasteiger partial charge in [0.1, 0.15) is 5.82 Å².